The van der Waals surface area contributed by atoms with Crippen molar-refractivity contribution in [3.63, 3.8) is 0 Å². The van der Waals surface area contributed by atoms with Crippen molar-refractivity contribution in [1.82, 2.24) is 5.32 Å². The summed E-state index contributed by atoms with van der Waals surface area (Å²) in [6, 6.07) is 12.1. The Kier molecular flexibility index (Phi) is 7.75. The number of ether oxygens (including phenoxy) is 1. The molecule has 27 heavy (non-hydrogen) atoms. The zero-order valence-corrected chi connectivity index (χ0v) is 19.0. The van der Waals surface area contributed by atoms with E-state index in [1.54, 1.807) is 7.11 Å². The zero-order valence-electron chi connectivity index (χ0n) is 16.7. The number of amidine groups is 1. The van der Waals surface area contributed by atoms with Gasteiger partial charge in [0.1, 0.15) is 11.6 Å². The maximum atomic E-state index is 6.53. The van der Waals surface area contributed by atoms with Gasteiger partial charge in [0.2, 0.25) is 0 Å². The highest BCUT2D eigenvalue weighted by molar-refractivity contribution is 9.10. The first kappa shape index (κ1) is 21.8. The number of aryl methyl sites for hydroxylation is 1. The van der Waals surface area contributed by atoms with E-state index in [4.69, 9.17) is 16.3 Å². The van der Waals surface area contributed by atoms with E-state index in [2.05, 4.69) is 52.2 Å². The lowest BCUT2D eigenvalue weighted by atomic mass is 9.98. The Morgan fingerprint density at radius 2 is 1.93 bits per heavy atom. The molecular formula is C22H28BrClN2O. The summed E-state index contributed by atoms with van der Waals surface area (Å²) in [7, 11) is 1.70. The van der Waals surface area contributed by atoms with Crippen molar-refractivity contribution >= 4 is 33.4 Å². The van der Waals surface area contributed by atoms with Crippen LogP contribution in [-0.4, -0.2) is 25.0 Å². The Bertz CT molecular complexity index is 818. The summed E-state index contributed by atoms with van der Waals surface area (Å²) in [6.45, 7) is 9.08. The van der Waals surface area contributed by atoms with Gasteiger partial charge in [0.15, 0.2) is 0 Å². The molecule has 1 aliphatic heterocycles. The van der Waals surface area contributed by atoms with E-state index in [-0.39, 0.29) is 5.54 Å². The van der Waals surface area contributed by atoms with Gasteiger partial charge >= 0.3 is 0 Å². The second-order valence-corrected chi connectivity index (χ2v) is 8.22. The van der Waals surface area contributed by atoms with E-state index in [0.717, 1.165) is 57.2 Å². The molecule has 2 aromatic carbocycles. The average Bonchev–Trinajstić information content (AvgIpc) is 3.02. The summed E-state index contributed by atoms with van der Waals surface area (Å²) in [6.07, 6.45) is 1.67. The zero-order chi connectivity index (χ0) is 20.0. The third kappa shape index (κ3) is 5.49. The van der Waals surface area contributed by atoms with Crippen LogP contribution in [-0.2, 0) is 12.8 Å². The maximum absolute atomic E-state index is 6.53. The average molecular weight is 452 g/mol. The van der Waals surface area contributed by atoms with Crippen LogP contribution in [0.15, 0.2) is 45.9 Å². The molecule has 0 spiro atoms. The summed E-state index contributed by atoms with van der Waals surface area (Å²) in [5.41, 5.74) is 3.36. The van der Waals surface area contributed by atoms with E-state index in [1.807, 2.05) is 38.1 Å². The molecular weight excluding hydrogens is 424 g/mol. The molecule has 1 aliphatic rings. The van der Waals surface area contributed by atoms with Crippen LogP contribution in [0.5, 0.6) is 5.75 Å². The van der Waals surface area contributed by atoms with Gasteiger partial charge in [0.25, 0.3) is 0 Å². The minimum Gasteiger partial charge on any atom is -0.496 e. The van der Waals surface area contributed by atoms with Gasteiger partial charge in [-0.2, -0.15) is 0 Å². The Morgan fingerprint density at radius 1 is 1.19 bits per heavy atom. The van der Waals surface area contributed by atoms with Crippen LogP contribution in [0.4, 0.5) is 0 Å². The molecule has 3 rings (SSSR count). The van der Waals surface area contributed by atoms with Crippen LogP contribution in [0.2, 0.25) is 5.02 Å². The third-order valence-electron chi connectivity index (χ3n) is 4.35. The number of nitrogens with one attached hydrogen (secondary N) is 1. The molecule has 1 N–H and O–H groups in total. The number of halogens is 2. The highest BCUT2D eigenvalue weighted by Crippen LogP contribution is 2.28. The first-order valence-electron chi connectivity index (χ1n) is 9.32. The van der Waals surface area contributed by atoms with Gasteiger partial charge in [0.05, 0.1) is 19.2 Å². The lowest BCUT2D eigenvalue weighted by molar-refractivity contribution is 0.409. The summed E-state index contributed by atoms with van der Waals surface area (Å²) in [5, 5.41) is 4.28. The Hall–Kier alpha value is -1.52. The van der Waals surface area contributed by atoms with Gasteiger partial charge < -0.3 is 10.1 Å². The van der Waals surface area contributed by atoms with Gasteiger partial charge in [-0.05, 0) is 62.1 Å². The van der Waals surface area contributed by atoms with E-state index < -0.39 is 0 Å². The van der Waals surface area contributed by atoms with Gasteiger partial charge in [-0.1, -0.05) is 53.5 Å². The normalized spacial score (nSPS) is 14.7. The topological polar surface area (TPSA) is 33.6 Å². The van der Waals surface area contributed by atoms with Gasteiger partial charge in [0, 0.05) is 15.1 Å². The minimum atomic E-state index is -0.0115. The van der Waals surface area contributed by atoms with Crippen LogP contribution in [0.25, 0.3) is 0 Å². The number of nitrogens with zero attached hydrogens (tertiary/aromatic N) is 1. The molecule has 1 heterocycles. The van der Waals surface area contributed by atoms with E-state index in [1.165, 1.54) is 0 Å². The Morgan fingerprint density at radius 3 is 2.56 bits per heavy atom. The lowest BCUT2D eigenvalue weighted by Gasteiger charge is -2.20. The molecule has 2 aromatic rings. The van der Waals surface area contributed by atoms with Crippen molar-refractivity contribution in [3.8, 4) is 5.75 Å². The van der Waals surface area contributed by atoms with Gasteiger partial charge in [-0.3, -0.25) is 4.99 Å². The first-order valence-corrected chi connectivity index (χ1v) is 10.5. The van der Waals surface area contributed by atoms with Crippen LogP contribution in [0.3, 0.4) is 0 Å². The largest absolute Gasteiger partial charge is 0.496 e. The van der Waals surface area contributed by atoms with Crippen LogP contribution >= 0.6 is 27.5 Å². The summed E-state index contributed by atoms with van der Waals surface area (Å²) in [5.74, 6) is 1.83. The van der Waals surface area contributed by atoms with Gasteiger partial charge in [-0.25, -0.2) is 0 Å². The SMILES string of the molecule is CC.COc1ccc(Br)cc1CCc1c(Cl)cccc1C1=NCC(C)(C)N1. The number of benzene rings is 2. The van der Waals surface area contributed by atoms with Crippen molar-refractivity contribution in [2.75, 3.05) is 13.7 Å². The number of hydrogen-bond acceptors (Lipinski definition) is 3. The van der Waals surface area contributed by atoms with E-state index in [9.17, 15) is 0 Å². The monoisotopic (exact) mass is 450 g/mol. The third-order valence-corrected chi connectivity index (χ3v) is 5.20. The van der Waals surface area contributed by atoms with Gasteiger partial charge in [-0.15, -0.1) is 0 Å². The van der Waals surface area contributed by atoms with Crippen LogP contribution < -0.4 is 10.1 Å². The second kappa shape index (κ2) is 9.61. The maximum Gasteiger partial charge on any atom is 0.129 e. The fourth-order valence-corrected chi connectivity index (χ4v) is 3.74. The molecule has 0 amide bonds. The van der Waals surface area contributed by atoms with Crippen molar-refractivity contribution in [1.29, 1.82) is 0 Å². The van der Waals surface area contributed by atoms with Crippen LogP contribution in [0.1, 0.15) is 44.4 Å². The molecule has 0 saturated heterocycles. The Balaban J connectivity index is 0.00000126. The van der Waals surface area contributed by atoms with Crippen molar-refractivity contribution < 1.29 is 4.74 Å². The molecule has 0 fully saturated rings. The van der Waals surface area contributed by atoms with E-state index in [0.29, 0.717) is 0 Å². The summed E-state index contributed by atoms with van der Waals surface area (Å²) in [4.78, 5) is 4.68. The number of methoxy groups -OCH3 is 1. The highest BCUT2D eigenvalue weighted by Gasteiger charge is 2.27. The minimum absolute atomic E-state index is 0.0115. The highest BCUT2D eigenvalue weighted by atomic mass is 79.9. The Labute approximate surface area is 176 Å². The number of hydrogen-bond donors (Lipinski definition) is 1. The lowest BCUT2D eigenvalue weighted by Crippen LogP contribution is -2.40. The smallest absolute Gasteiger partial charge is 0.129 e. The molecule has 0 atom stereocenters. The molecule has 5 heteroatoms. The number of aliphatic imine (C=N–C) groups is 1. The van der Waals surface area contributed by atoms with E-state index >= 15 is 0 Å². The predicted molar refractivity (Wildman–Crippen MR) is 120 cm³/mol. The molecule has 0 bridgehead atoms. The summed E-state index contributed by atoms with van der Waals surface area (Å²) >= 11 is 10.1. The molecule has 0 aromatic heterocycles. The fourth-order valence-electron chi connectivity index (χ4n) is 3.07. The van der Waals surface area contributed by atoms with Crippen molar-refractivity contribution in [2.45, 2.75) is 46.1 Å². The molecule has 0 aliphatic carbocycles. The molecule has 0 saturated carbocycles. The second-order valence-electron chi connectivity index (χ2n) is 6.90. The molecule has 0 unspecified atom stereocenters. The summed E-state index contributed by atoms with van der Waals surface area (Å²) < 4.78 is 6.53. The first-order chi connectivity index (χ1) is 12.9. The van der Waals surface area contributed by atoms with Crippen LogP contribution in [0, 0.1) is 0 Å². The molecule has 146 valence electrons. The predicted octanol–water partition coefficient (Wildman–Crippen LogP) is 6.05. The quantitative estimate of drug-likeness (QED) is 0.600. The molecule has 3 nitrogen and oxygen atoms in total. The fraction of sp³-hybridized carbons (Fsp3) is 0.409. The molecule has 0 radical (unpaired) electrons. The standard InChI is InChI=1S/C20H22BrClN2O.C2H6/c1-20(2)12-23-19(24-20)16-5-4-6-17(22)15(16)9-7-13-11-14(21)8-10-18(13)25-3;1-2/h4-6,8,10-11H,7,9,12H2,1-3H3,(H,23,24);1-2H3. The van der Waals surface area contributed by atoms with Crippen molar-refractivity contribution in [2.24, 2.45) is 4.99 Å². The van der Waals surface area contributed by atoms with Crippen molar-refractivity contribution in [3.05, 3.63) is 62.6 Å². The number of rotatable bonds is 5.